The maximum atomic E-state index is 11.7. The molecule has 0 aliphatic carbocycles. The summed E-state index contributed by atoms with van der Waals surface area (Å²) in [5, 5.41) is 2.70. The summed E-state index contributed by atoms with van der Waals surface area (Å²) in [6, 6.07) is 8.80. The van der Waals surface area contributed by atoms with Crippen molar-refractivity contribution in [2.24, 2.45) is 0 Å². The van der Waals surface area contributed by atoms with Crippen LogP contribution in [0.3, 0.4) is 0 Å². The fourth-order valence-electron chi connectivity index (χ4n) is 1.72. The Bertz CT molecular complexity index is 660. The molecule has 0 radical (unpaired) electrons. The lowest BCUT2D eigenvalue weighted by Crippen LogP contribution is -2.22. The Labute approximate surface area is 116 Å². The van der Waals surface area contributed by atoms with E-state index in [4.69, 9.17) is 4.74 Å². The molecule has 20 heavy (non-hydrogen) atoms. The van der Waals surface area contributed by atoms with Crippen LogP contribution in [-0.4, -0.2) is 17.5 Å². The van der Waals surface area contributed by atoms with E-state index < -0.39 is 0 Å². The highest BCUT2D eigenvalue weighted by molar-refractivity contribution is 5.91. The second kappa shape index (κ2) is 6.06. The molecule has 5 heteroatoms. The lowest BCUT2D eigenvalue weighted by Gasteiger charge is -2.08. The first-order chi connectivity index (χ1) is 9.56. The maximum absolute atomic E-state index is 11.7. The molecule has 2 N–H and O–H groups in total. The van der Waals surface area contributed by atoms with E-state index in [0.29, 0.717) is 11.4 Å². The Morgan fingerprint density at radius 3 is 2.55 bits per heavy atom. The Kier molecular flexibility index (Phi) is 4.20. The first-order valence-electron chi connectivity index (χ1n) is 6.24. The summed E-state index contributed by atoms with van der Waals surface area (Å²) in [7, 11) is 0. The molecule has 1 amide bonds. The van der Waals surface area contributed by atoms with Crippen LogP contribution in [0.1, 0.15) is 11.3 Å². The fourth-order valence-corrected chi connectivity index (χ4v) is 1.72. The van der Waals surface area contributed by atoms with Gasteiger partial charge in [0.15, 0.2) is 12.4 Å². The first kappa shape index (κ1) is 13.9. The van der Waals surface area contributed by atoms with Gasteiger partial charge in [0.2, 0.25) is 5.43 Å². The second-order valence-electron chi connectivity index (χ2n) is 4.50. The number of hydrogen-bond donors (Lipinski definition) is 2. The zero-order valence-electron chi connectivity index (χ0n) is 11.4. The minimum atomic E-state index is -0.309. The van der Waals surface area contributed by atoms with Gasteiger partial charge in [0.05, 0.1) is 5.69 Å². The highest BCUT2D eigenvalue weighted by Crippen LogP contribution is 2.10. The SMILES string of the molecule is Cc1ccc(NC(=O)COc2c(C)[nH]ccc2=O)cc1. The fraction of sp³-hybridized carbons (Fsp3) is 0.200. The Morgan fingerprint density at radius 2 is 1.90 bits per heavy atom. The average Bonchev–Trinajstić information content (AvgIpc) is 2.41. The minimum absolute atomic E-state index is 0.173. The monoisotopic (exact) mass is 272 g/mol. The highest BCUT2D eigenvalue weighted by Gasteiger charge is 2.08. The van der Waals surface area contributed by atoms with Crippen molar-refractivity contribution in [3.8, 4) is 5.75 Å². The van der Waals surface area contributed by atoms with E-state index in [0.717, 1.165) is 5.56 Å². The molecule has 0 fully saturated rings. The van der Waals surface area contributed by atoms with E-state index in [-0.39, 0.29) is 23.7 Å². The smallest absolute Gasteiger partial charge is 0.262 e. The number of carbonyl (C=O) groups is 1. The van der Waals surface area contributed by atoms with E-state index >= 15 is 0 Å². The number of benzene rings is 1. The molecule has 2 aromatic rings. The second-order valence-corrected chi connectivity index (χ2v) is 4.50. The summed E-state index contributed by atoms with van der Waals surface area (Å²) in [6.45, 7) is 3.48. The predicted octanol–water partition coefficient (Wildman–Crippen LogP) is 2.01. The molecule has 0 aliphatic rings. The zero-order valence-corrected chi connectivity index (χ0v) is 11.4. The standard InChI is InChI=1S/C15H16N2O3/c1-10-3-5-12(6-4-10)17-14(19)9-20-15-11(2)16-8-7-13(15)18/h3-8H,9H2,1-2H3,(H,16,18)(H,17,19). The van der Waals surface area contributed by atoms with Crippen LogP contribution in [0.2, 0.25) is 0 Å². The van der Waals surface area contributed by atoms with Crippen LogP contribution in [0.4, 0.5) is 5.69 Å². The molecule has 0 aliphatic heterocycles. The van der Waals surface area contributed by atoms with Crippen molar-refractivity contribution in [3.05, 3.63) is 58.0 Å². The summed E-state index contributed by atoms with van der Waals surface area (Å²) in [4.78, 5) is 26.2. The van der Waals surface area contributed by atoms with Gasteiger partial charge in [0.1, 0.15) is 0 Å². The third kappa shape index (κ3) is 3.47. The molecule has 0 bridgehead atoms. The van der Waals surface area contributed by atoms with E-state index in [1.165, 1.54) is 12.3 Å². The first-order valence-corrected chi connectivity index (χ1v) is 6.24. The number of rotatable bonds is 4. The number of ether oxygens (including phenoxy) is 1. The molecular formula is C15H16N2O3. The number of carbonyl (C=O) groups excluding carboxylic acids is 1. The average molecular weight is 272 g/mol. The lowest BCUT2D eigenvalue weighted by molar-refractivity contribution is -0.118. The van der Waals surface area contributed by atoms with Crippen molar-refractivity contribution in [2.45, 2.75) is 13.8 Å². The molecule has 0 saturated carbocycles. The summed E-state index contributed by atoms with van der Waals surface area (Å²) in [5.74, 6) is -0.136. The van der Waals surface area contributed by atoms with Gasteiger partial charge < -0.3 is 15.0 Å². The third-order valence-electron chi connectivity index (χ3n) is 2.78. The van der Waals surface area contributed by atoms with Gasteiger partial charge in [-0.15, -0.1) is 0 Å². The van der Waals surface area contributed by atoms with Gasteiger partial charge in [-0.1, -0.05) is 17.7 Å². The van der Waals surface area contributed by atoms with E-state index in [2.05, 4.69) is 10.3 Å². The van der Waals surface area contributed by atoms with Gasteiger partial charge in [-0.05, 0) is 26.0 Å². The predicted molar refractivity (Wildman–Crippen MR) is 77.1 cm³/mol. The molecule has 0 saturated heterocycles. The summed E-state index contributed by atoms with van der Waals surface area (Å²) >= 11 is 0. The molecule has 5 nitrogen and oxygen atoms in total. The van der Waals surface area contributed by atoms with Gasteiger partial charge in [0, 0.05) is 18.0 Å². The van der Waals surface area contributed by atoms with E-state index in [9.17, 15) is 9.59 Å². The van der Waals surface area contributed by atoms with Crippen LogP contribution in [0.25, 0.3) is 0 Å². The van der Waals surface area contributed by atoms with Gasteiger partial charge in [-0.3, -0.25) is 9.59 Å². The molecule has 1 aromatic heterocycles. The Morgan fingerprint density at radius 1 is 1.20 bits per heavy atom. The van der Waals surface area contributed by atoms with Crippen LogP contribution < -0.4 is 15.5 Å². The van der Waals surface area contributed by atoms with E-state index in [1.54, 1.807) is 6.92 Å². The zero-order chi connectivity index (χ0) is 14.5. The molecule has 1 heterocycles. The topological polar surface area (TPSA) is 71.2 Å². The van der Waals surface area contributed by atoms with Crippen molar-refractivity contribution in [1.29, 1.82) is 0 Å². The highest BCUT2D eigenvalue weighted by atomic mass is 16.5. The van der Waals surface area contributed by atoms with Crippen LogP contribution >= 0.6 is 0 Å². The molecule has 0 atom stereocenters. The molecule has 2 rings (SSSR count). The van der Waals surface area contributed by atoms with Crippen LogP contribution in [0.15, 0.2) is 41.3 Å². The molecule has 0 unspecified atom stereocenters. The van der Waals surface area contributed by atoms with Crippen LogP contribution in [-0.2, 0) is 4.79 Å². The lowest BCUT2D eigenvalue weighted by atomic mass is 10.2. The van der Waals surface area contributed by atoms with Crippen LogP contribution in [0, 0.1) is 13.8 Å². The van der Waals surface area contributed by atoms with Crippen molar-refractivity contribution < 1.29 is 9.53 Å². The number of hydrogen-bond acceptors (Lipinski definition) is 3. The molecule has 0 spiro atoms. The number of amides is 1. The number of H-pyrrole nitrogens is 1. The third-order valence-corrected chi connectivity index (χ3v) is 2.78. The Balaban J connectivity index is 1.96. The number of anilines is 1. The van der Waals surface area contributed by atoms with Gasteiger partial charge in [-0.25, -0.2) is 0 Å². The van der Waals surface area contributed by atoms with Gasteiger partial charge >= 0.3 is 0 Å². The minimum Gasteiger partial charge on any atom is -0.478 e. The van der Waals surface area contributed by atoms with Gasteiger partial charge in [0.25, 0.3) is 5.91 Å². The van der Waals surface area contributed by atoms with Crippen LogP contribution in [0.5, 0.6) is 5.75 Å². The largest absolute Gasteiger partial charge is 0.478 e. The molecule has 1 aromatic carbocycles. The number of aryl methyl sites for hydroxylation is 2. The van der Waals surface area contributed by atoms with Crippen molar-refractivity contribution in [3.63, 3.8) is 0 Å². The molecule has 104 valence electrons. The van der Waals surface area contributed by atoms with Crippen molar-refractivity contribution in [1.82, 2.24) is 4.98 Å². The quantitative estimate of drug-likeness (QED) is 0.894. The van der Waals surface area contributed by atoms with E-state index in [1.807, 2.05) is 31.2 Å². The maximum Gasteiger partial charge on any atom is 0.262 e. The van der Waals surface area contributed by atoms with Gasteiger partial charge in [-0.2, -0.15) is 0 Å². The number of nitrogens with one attached hydrogen (secondary N) is 2. The Hall–Kier alpha value is -2.56. The summed E-state index contributed by atoms with van der Waals surface area (Å²) in [5.41, 5.74) is 2.17. The molecular weight excluding hydrogens is 256 g/mol. The van der Waals surface area contributed by atoms with Crippen molar-refractivity contribution in [2.75, 3.05) is 11.9 Å². The normalized spacial score (nSPS) is 10.1. The number of pyridine rings is 1. The summed E-state index contributed by atoms with van der Waals surface area (Å²) in [6.07, 6.45) is 1.54. The van der Waals surface area contributed by atoms with Crippen molar-refractivity contribution >= 4 is 11.6 Å². The number of aromatic nitrogens is 1. The number of aromatic amines is 1. The summed E-state index contributed by atoms with van der Waals surface area (Å²) < 4.78 is 5.27.